The van der Waals surface area contributed by atoms with E-state index in [9.17, 15) is 14.7 Å². The van der Waals surface area contributed by atoms with Crippen LogP contribution in [0.5, 0.6) is 5.75 Å². The van der Waals surface area contributed by atoms with Crippen LogP contribution in [0.4, 0.5) is 5.13 Å². The third kappa shape index (κ3) is 5.38. The Balaban J connectivity index is 1.55. The molecule has 1 unspecified atom stereocenters. The highest BCUT2D eigenvalue weighted by molar-refractivity contribution is 9.10. The van der Waals surface area contributed by atoms with E-state index in [-0.39, 0.29) is 10.7 Å². The first kappa shape index (κ1) is 27.5. The van der Waals surface area contributed by atoms with Gasteiger partial charge in [0.25, 0.3) is 5.91 Å². The number of ketones is 1. The van der Waals surface area contributed by atoms with Crippen molar-refractivity contribution in [1.82, 2.24) is 15.2 Å². The minimum absolute atomic E-state index is 0.0489. The number of amides is 1. The zero-order valence-corrected chi connectivity index (χ0v) is 25.4. The minimum atomic E-state index is -0.984. The lowest BCUT2D eigenvalue weighted by molar-refractivity contribution is -0.117. The van der Waals surface area contributed by atoms with Crippen molar-refractivity contribution >= 4 is 67.2 Å². The van der Waals surface area contributed by atoms with Crippen LogP contribution in [0.15, 0.2) is 62.6 Å². The number of thioether (sulfide) groups is 1. The molecule has 2 aromatic heterocycles. The van der Waals surface area contributed by atoms with Gasteiger partial charge in [0, 0.05) is 15.8 Å². The number of aliphatic hydroxyl groups excluding tert-OH is 1. The van der Waals surface area contributed by atoms with E-state index >= 15 is 0 Å². The molecule has 2 aromatic carbocycles. The van der Waals surface area contributed by atoms with Gasteiger partial charge in [-0.2, -0.15) is 0 Å². The second-order valence-corrected chi connectivity index (χ2v) is 13.1. The van der Waals surface area contributed by atoms with Crippen molar-refractivity contribution in [3.05, 3.63) is 90.5 Å². The fraction of sp³-hybridized carbons (Fsp3) is 0.222. The molecule has 3 heterocycles. The van der Waals surface area contributed by atoms with Crippen LogP contribution in [0.1, 0.15) is 43.1 Å². The van der Waals surface area contributed by atoms with Crippen LogP contribution in [-0.4, -0.2) is 39.1 Å². The van der Waals surface area contributed by atoms with Gasteiger partial charge in [-0.1, -0.05) is 68.9 Å². The summed E-state index contributed by atoms with van der Waals surface area (Å²) in [4.78, 5) is 33.5. The molecule has 1 N–H and O–H groups in total. The van der Waals surface area contributed by atoms with Gasteiger partial charge in [0.1, 0.15) is 11.8 Å². The van der Waals surface area contributed by atoms with E-state index in [0.717, 1.165) is 10.0 Å². The van der Waals surface area contributed by atoms with Crippen molar-refractivity contribution in [1.29, 1.82) is 0 Å². The van der Waals surface area contributed by atoms with Crippen LogP contribution in [0.25, 0.3) is 0 Å². The van der Waals surface area contributed by atoms with Gasteiger partial charge in [-0.25, -0.2) is 4.98 Å². The first-order valence-corrected chi connectivity index (χ1v) is 15.2. The lowest BCUT2D eigenvalue weighted by Gasteiger charge is -2.25. The second-order valence-electron chi connectivity index (χ2n) is 8.83. The molecule has 0 fully saturated rings. The lowest BCUT2D eigenvalue weighted by Crippen LogP contribution is -2.31. The van der Waals surface area contributed by atoms with Gasteiger partial charge >= 0.3 is 0 Å². The van der Waals surface area contributed by atoms with Crippen LogP contribution in [-0.2, 0) is 10.5 Å². The van der Waals surface area contributed by atoms with Crippen LogP contribution in [0.2, 0.25) is 0 Å². The number of ether oxygens (including phenoxy) is 1. The first-order valence-electron chi connectivity index (χ1n) is 11.8. The summed E-state index contributed by atoms with van der Waals surface area (Å²) in [5.74, 6) is -0.672. The Morgan fingerprint density at radius 2 is 1.87 bits per heavy atom. The van der Waals surface area contributed by atoms with Crippen LogP contribution in [0.3, 0.4) is 0 Å². The number of aromatic nitrogens is 3. The Labute approximate surface area is 245 Å². The Morgan fingerprint density at radius 3 is 2.54 bits per heavy atom. The number of carbonyl (C=O) groups is 2. The molecule has 1 aliphatic heterocycles. The SMILES string of the molecule is COc1ccc(Br)cc1C1C(C(=O)c2sc(C)nc2C)=C(O)C(=O)N1c1nnc(SCc2ccc(C)cc2)s1. The number of benzene rings is 2. The quantitative estimate of drug-likeness (QED) is 0.128. The number of rotatable bonds is 8. The van der Waals surface area contributed by atoms with E-state index < -0.39 is 23.5 Å². The maximum Gasteiger partial charge on any atom is 0.296 e. The van der Waals surface area contributed by atoms with Crippen molar-refractivity contribution in [3.63, 3.8) is 0 Å². The highest BCUT2D eigenvalue weighted by Gasteiger charge is 2.47. The minimum Gasteiger partial charge on any atom is -0.503 e. The monoisotopic (exact) mass is 642 g/mol. The molecular formula is C27H23BrN4O4S3. The molecule has 0 radical (unpaired) electrons. The Hall–Kier alpha value is -3.06. The zero-order valence-electron chi connectivity index (χ0n) is 21.4. The molecule has 0 saturated heterocycles. The highest BCUT2D eigenvalue weighted by Crippen LogP contribution is 2.47. The number of Topliss-reactive ketones (excluding diaryl/α,β-unsaturated/α-hetero) is 1. The molecule has 12 heteroatoms. The number of carbonyl (C=O) groups excluding carboxylic acids is 2. The van der Waals surface area contributed by atoms with Gasteiger partial charge in [-0.05, 0) is 44.5 Å². The molecule has 0 aliphatic carbocycles. The molecule has 0 spiro atoms. The summed E-state index contributed by atoms with van der Waals surface area (Å²) < 4.78 is 6.99. The number of anilines is 1. The van der Waals surface area contributed by atoms with E-state index in [4.69, 9.17) is 4.74 Å². The van der Waals surface area contributed by atoms with Gasteiger partial charge in [-0.3, -0.25) is 14.5 Å². The maximum atomic E-state index is 13.9. The highest BCUT2D eigenvalue weighted by atomic mass is 79.9. The van der Waals surface area contributed by atoms with Crippen molar-refractivity contribution in [2.24, 2.45) is 0 Å². The summed E-state index contributed by atoms with van der Waals surface area (Å²) in [6, 6.07) is 12.6. The van der Waals surface area contributed by atoms with Gasteiger partial charge in [0.05, 0.1) is 28.3 Å². The molecule has 1 atom stereocenters. The van der Waals surface area contributed by atoms with Gasteiger partial charge in [0.2, 0.25) is 10.9 Å². The fourth-order valence-corrected chi connectivity index (χ4v) is 7.38. The summed E-state index contributed by atoms with van der Waals surface area (Å²) in [5, 5.41) is 20.7. The number of thiazole rings is 1. The van der Waals surface area contributed by atoms with Gasteiger partial charge < -0.3 is 9.84 Å². The summed E-state index contributed by atoms with van der Waals surface area (Å²) in [6.07, 6.45) is 0. The molecule has 200 valence electrons. The molecule has 0 bridgehead atoms. The number of hydrogen-bond acceptors (Lipinski definition) is 10. The number of aryl methyl sites for hydroxylation is 3. The van der Waals surface area contributed by atoms with E-state index in [1.165, 1.54) is 52.0 Å². The van der Waals surface area contributed by atoms with Crippen LogP contribution >= 0.6 is 50.4 Å². The van der Waals surface area contributed by atoms with Crippen LogP contribution < -0.4 is 9.64 Å². The molecular weight excluding hydrogens is 620 g/mol. The predicted octanol–water partition coefficient (Wildman–Crippen LogP) is 6.77. The second kappa shape index (κ2) is 11.2. The average molecular weight is 644 g/mol. The van der Waals surface area contributed by atoms with Crippen molar-refractivity contribution in [2.75, 3.05) is 12.0 Å². The largest absolute Gasteiger partial charge is 0.503 e. The number of methoxy groups -OCH3 is 1. The topological polar surface area (TPSA) is 106 Å². The van der Waals surface area contributed by atoms with Crippen molar-refractivity contribution in [2.45, 2.75) is 36.9 Å². The standard InChI is InChI=1S/C27H23BrN4O4S3/c1-13-5-7-16(8-6-13)12-37-27-31-30-26(39-27)32-21(18-11-17(28)9-10-19(18)36-4)20(23(34)25(32)35)22(33)24-14(2)29-15(3)38-24/h5-11,21,34H,12H2,1-4H3. The average Bonchev–Trinajstić information content (AvgIpc) is 3.59. The molecule has 39 heavy (non-hydrogen) atoms. The normalized spacial score (nSPS) is 15.4. The summed E-state index contributed by atoms with van der Waals surface area (Å²) in [5.41, 5.74) is 3.34. The lowest BCUT2D eigenvalue weighted by atomic mass is 9.94. The van der Waals surface area contributed by atoms with Gasteiger partial charge in [0.15, 0.2) is 10.1 Å². The van der Waals surface area contributed by atoms with E-state index in [1.807, 2.05) is 6.92 Å². The predicted molar refractivity (Wildman–Crippen MR) is 157 cm³/mol. The third-order valence-corrected chi connectivity index (χ3v) is 9.83. The number of nitrogens with zero attached hydrogens (tertiary/aromatic N) is 4. The van der Waals surface area contributed by atoms with E-state index in [1.54, 1.807) is 32.0 Å². The van der Waals surface area contributed by atoms with Gasteiger partial charge in [-0.15, -0.1) is 21.5 Å². The molecule has 1 aliphatic rings. The fourth-order valence-electron chi connectivity index (χ4n) is 4.30. The molecule has 0 saturated carbocycles. The first-order chi connectivity index (χ1) is 18.7. The molecule has 8 nitrogen and oxygen atoms in total. The maximum absolute atomic E-state index is 13.9. The number of aliphatic hydroxyl groups is 1. The smallest absolute Gasteiger partial charge is 0.296 e. The number of hydrogen-bond donors (Lipinski definition) is 1. The van der Waals surface area contributed by atoms with E-state index in [0.29, 0.717) is 37.0 Å². The van der Waals surface area contributed by atoms with Crippen LogP contribution in [0, 0.1) is 20.8 Å². The Morgan fingerprint density at radius 1 is 1.13 bits per heavy atom. The Bertz CT molecular complexity index is 1610. The molecule has 5 rings (SSSR count). The number of halogens is 1. The van der Waals surface area contributed by atoms with Crippen molar-refractivity contribution in [3.8, 4) is 5.75 Å². The Kier molecular flexibility index (Phi) is 7.90. The summed E-state index contributed by atoms with van der Waals surface area (Å²) >= 11 is 7.44. The molecule has 1 amide bonds. The summed E-state index contributed by atoms with van der Waals surface area (Å²) in [7, 11) is 1.51. The third-order valence-electron chi connectivity index (χ3n) is 6.13. The van der Waals surface area contributed by atoms with Crippen molar-refractivity contribution < 1.29 is 19.4 Å². The van der Waals surface area contributed by atoms with E-state index in [2.05, 4.69) is 55.4 Å². The zero-order chi connectivity index (χ0) is 27.8. The summed E-state index contributed by atoms with van der Waals surface area (Å²) in [6.45, 7) is 5.58. The molecule has 4 aromatic rings.